The minimum absolute atomic E-state index is 0.193. The van der Waals surface area contributed by atoms with E-state index < -0.39 is 0 Å². The Morgan fingerprint density at radius 2 is 2.09 bits per heavy atom. The maximum absolute atomic E-state index is 11.4. The number of rotatable bonds is 7. The summed E-state index contributed by atoms with van der Waals surface area (Å²) in [7, 11) is 0. The SMILES string of the molecule is CCc1cc(=O)[nH]c(N/N=C\c2ccc(OCC(C)C)cc2)n1. The maximum atomic E-state index is 11.4. The molecule has 1 aromatic carbocycles. The summed E-state index contributed by atoms with van der Waals surface area (Å²) in [6, 6.07) is 9.12. The van der Waals surface area contributed by atoms with Gasteiger partial charge in [-0.05, 0) is 42.2 Å². The normalized spacial score (nSPS) is 11.1. The van der Waals surface area contributed by atoms with Crippen molar-refractivity contribution in [2.24, 2.45) is 11.0 Å². The van der Waals surface area contributed by atoms with Gasteiger partial charge in [0.1, 0.15) is 5.75 Å². The maximum Gasteiger partial charge on any atom is 0.252 e. The Bertz CT molecular complexity index is 705. The highest BCUT2D eigenvalue weighted by Crippen LogP contribution is 2.12. The third-order valence-corrected chi connectivity index (χ3v) is 3.00. The molecule has 0 spiro atoms. The van der Waals surface area contributed by atoms with Crippen molar-refractivity contribution >= 4 is 12.2 Å². The van der Waals surface area contributed by atoms with Gasteiger partial charge in [0.2, 0.25) is 5.95 Å². The highest BCUT2D eigenvalue weighted by Gasteiger charge is 1.99. The second kappa shape index (κ2) is 8.12. The van der Waals surface area contributed by atoms with E-state index in [-0.39, 0.29) is 5.56 Å². The number of benzene rings is 1. The van der Waals surface area contributed by atoms with Crippen LogP contribution in [0.3, 0.4) is 0 Å². The van der Waals surface area contributed by atoms with Crippen LogP contribution in [0.4, 0.5) is 5.95 Å². The Kier molecular flexibility index (Phi) is 5.91. The van der Waals surface area contributed by atoms with Gasteiger partial charge in [0.05, 0.1) is 12.8 Å². The predicted octanol–water partition coefficient (Wildman–Crippen LogP) is 2.81. The molecule has 122 valence electrons. The molecule has 6 nitrogen and oxygen atoms in total. The number of nitrogens with one attached hydrogen (secondary N) is 2. The summed E-state index contributed by atoms with van der Waals surface area (Å²) in [6.07, 6.45) is 2.35. The smallest absolute Gasteiger partial charge is 0.252 e. The van der Waals surface area contributed by atoms with Crippen LogP contribution in [0.5, 0.6) is 5.75 Å². The molecule has 0 aliphatic heterocycles. The highest BCUT2D eigenvalue weighted by atomic mass is 16.5. The van der Waals surface area contributed by atoms with E-state index in [9.17, 15) is 4.79 Å². The van der Waals surface area contributed by atoms with Crippen LogP contribution in [-0.4, -0.2) is 22.8 Å². The molecule has 2 N–H and O–H groups in total. The van der Waals surface area contributed by atoms with Gasteiger partial charge in [-0.15, -0.1) is 0 Å². The van der Waals surface area contributed by atoms with E-state index in [0.29, 0.717) is 24.9 Å². The average molecular weight is 314 g/mol. The van der Waals surface area contributed by atoms with Crippen molar-refractivity contribution in [3.8, 4) is 5.75 Å². The number of H-pyrrole nitrogens is 1. The van der Waals surface area contributed by atoms with E-state index in [4.69, 9.17) is 4.74 Å². The first-order valence-corrected chi connectivity index (χ1v) is 7.69. The number of hydrogen-bond acceptors (Lipinski definition) is 5. The quantitative estimate of drug-likeness (QED) is 0.608. The minimum atomic E-state index is -0.193. The molecule has 6 heteroatoms. The molecule has 0 saturated carbocycles. The zero-order chi connectivity index (χ0) is 16.7. The van der Waals surface area contributed by atoms with Crippen molar-refractivity contribution in [2.75, 3.05) is 12.0 Å². The van der Waals surface area contributed by atoms with E-state index in [2.05, 4.69) is 34.3 Å². The third kappa shape index (κ3) is 5.58. The number of ether oxygens (including phenoxy) is 1. The van der Waals surface area contributed by atoms with Gasteiger partial charge in [0.25, 0.3) is 5.56 Å². The van der Waals surface area contributed by atoms with Crippen LogP contribution >= 0.6 is 0 Å². The summed E-state index contributed by atoms with van der Waals surface area (Å²) < 4.78 is 5.63. The van der Waals surface area contributed by atoms with Gasteiger partial charge in [0, 0.05) is 11.8 Å². The molecule has 0 atom stereocenters. The lowest BCUT2D eigenvalue weighted by atomic mass is 10.2. The largest absolute Gasteiger partial charge is 0.493 e. The summed E-state index contributed by atoms with van der Waals surface area (Å²) >= 11 is 0. The van der Waals surface area contributed by atoms with Crippen molar-refractivity contribution in [1.82, 2.24) is 9.97 Å². The van der Waals surface area contributed by atoms with Crippen LogP contribution in [0.2, 0.25) is 0 Å². The molecule has 2 rings (SSSR count). The van der Waals surface area contributed by atoms with Crippen molar-refractivity contribution in [1.29, 1.82) is 0 Å². The number of aryl methyl sites for hydroxylation is 1. The second-order valence-electron chi connectivity index (χ2n) is 5.58. The third-order valence-electron chi connectivity index (χ3n) is 3.00. The van der Waals surface area contributed by atoms with Crippen molar-refractivity contribution < 1.29 is 4.74 Å². The molecule has 0 radical (unpaired) electrons. The molecular formula is C17H22N4O2. The molecule has 23 heavy (non-hydrogen) atoms. The van der Waals surface area contributed by atoms with Crippen molar-refractivity contribution in [2.45, 2.75) is 27.2 Å². The molecule has 0 saturated heterocycles. The van der Waals surface area contributed by atoms with Crippen LogP contribution in [-0.2, 0) is 6.42 Å². The number of nitrogens with zero attached hydrogens (tertiary/aromatic N) is 2. The van der Waals surface area contributed by atoms with Crippen LogP contribution in [0.1, 0.15) is 32.0 Å². The zero-order valence-electron chi connectivity index (χ0n) is 13.7. The highest BCUT2D eigenvalue weighted by molar-refractivity contribution is 5.80. The first-order valence-electron chi connectivity index (χ1n) is 7.69. The first-order chi connectivity index (χ1) is 11.1. The summed E-state index contributed by atoms with van der Waals surface area (Å²) in [4.78, 5) is 18.3. The summed E-state index contributed by atoms with van der Waals surface area (Å²) in [5.41, 5.74) is 4.18. The summed E-state index contributed by atoms with van der Waals surface area (Å²) in [5, 5.41) is 4.08. The lowest BCUT2D eigenvalue weighted by Crippen LogP contribution is -2.11. The van der Waals surface area contributed by atoms with Crippen LogP contribution in [0, 0.1) is 5.92 Å². The Labute approximate surface area is 135 Å². The molecular weight excluding hydrogens is 292 g/mol. The Morgan fingerprint density at radius 3 is 2.74 bits per heavy atom. The van der Waals surface area contributed by atoms with Crippen LogP contribution in [0.25, 0.3) is 0 Å². The van der Waals surface area contributed by atoms with Gasteiger partial charge in [-0.3, -0.25) is 9.78 Å². The molecule has 1 heterocycles. The number of aromatic nitrogens is 2. The van der Waals surface area contributed by atoms with Crippen LogP contribution < -0.4 is 15.7 Å². The molecule has 0 aliphatic carbocycles. The molecule has 0 fully saturated rings. The molecule has 0 amide bonds. The summed E-state index contributed by atoms with van der Waals surface area (Å²) in [6.45, 7) is 6.86. The predicted molar refractivity (Wildman–Crippen MR) is 92.2 cm³/mol. The fourth-order valence-electron chi connectivity index (χ4n) is 1.82. The van der Waals surface area contributed by atoms with Gasteiger partial charge in [0.15, 0.2) is 0 Å². The Morgan fingerprint density at radius 1 is 1.35 bits per heavy atom. The van der Waals surface area contributed by atoms with Crippen molar-refractivity contribution in [3.05, 3.63) is 51.9 Å². The number of aromatic amines is 1. The number of hydrogen-bond donors (Lipinski definition) is 2. The Balaban J connectivity index is 1.95. The zero-order valence-corrected chi connectivity index (χ0v) is 13.7. The van der Waals surface area contributed by atoms with Gasteiger partial charge in [-0.2, -0.15) is 5.10 Å². The molecule has 1 aromatic heterocycles. The van der Waals surface area contributed by atoms with E-state index in [1.54, 1.807) is 6.21 Å². The lowest BCUT2D eigenvalue weighted by molar-refractivity contribution is 0.271. The van der Waals surface area contributed by atoms with E-state index >= 15 is 0 Å². The van der Waals surface area contributed by atoms with E-state index in [1.807, 2.05) is 31.2 Å². The number of hydrazone groups is 1. The first kappa shape index (κ1) is 16.7. The van der Waals surface area contributed by atoms with Gasteiger partial charge < -0.3 is 4.74 Å². The standard InChI is InChI=1S/C17H22N4O2/c1-4-14-9-16(22)20-17(19-14)21-18-10-13-5-7-15(8-6-13)23-11-12(2)3/h5-10,12H,4,11H2,1-3H3,(H2,19,20,21,22)/b18-10-. The van der Waals surface area contributed by atoms with E-state index in [0.717, 1.165) is 17.0 Å². The fraction of sp³-hybridized carbons (Fsp3) is 0.353. The van der Waals surface area contributed by atoms with Gasteiger partial charge >= 0.3 is 0 Å². The minimum Gasteiger partial charge on any atom is -0.493 e. The van der Waals surface area contributed by atoms with Crippen LogP contribution in [0.15, 0.2) is 40.2 Å². The lowest BCUT2D eigenvalue weighted by Gasteiger charge is -2.08. The van der Waals surface area contributed by atoms with Crippen molar-refractivity contribution in [3.63, 3.8) is 0 Å². The molecule has 0 aliphatic rings. The van der Waals surface area contributed by atoms with Gasteiger partial charge in [-0.1, -0.05) is 20.8 Å². The topological polar surface area (TPSA) is 79.4 Å². The monoisotopic (exact) mass is 314 g/mol. The van der Waals surface area contributed by atoms with Gasteiger partial charge in [-0.25, -0.2) is 10.4 Å². The fourth-order valence-corrected chi connectivity index (χ4v) is 1.82. The second-order valence-corrected chi connectivity index (χ2v) is 5.58. The molecule has 0 bridgehead atoms. The summed E-state index contributed by atoms with van der Waals surface area (Å²) in [5.74, 6) is 1.67. The average Bonchev–Trinajstić information content (AvgIpc) is 2.53. The van der Waals surface area contributed by atoms with E-state index in [1.165, 1.54) is 6.07 Å². The molecule has 0 unspecified atom stereocenters. The molecule has 2 aromatic rings. The number of anilines is 1. The Hall–Kier alpha value is -2.63.